The molecular formula is C30H28N4O7. The van der Waals surface area contributed by atoms with Crippen LogP contribution in [-0.4, -0.2) is 54.5 Å². The predicted molar refractivity (Wildman–Crippen MR) is 145 cm³/mol. The van der Waals surface area contributed by atoms with Crippen LogP contribution >= 0.6 is 0 Å². The topological polar surface area (TPSA) is 126 Å². The number of hydrogen-bond acceptors (Lipinski definition) is 10. The van der Waals surface area contributed by atoms with Gasteiger partial charge in [-0.1, -0.05) is 47.7 Å². The summed E-state index contributed by atoms with van der Waals surface area (Å²) in [4.78, 5) is 13.9. The number of aliphatic hydroxyl groups is 1. The molecule has 210 valence electrons. The lowest BCUT2D eigenvalue weighted by Gasteiger charge is -2.44. The van der Waals surface area contributed by atoms with Gasteiger partial charge in [-0.15, -0.1) is 5.10 Å². The number of fused-ring (bicyclic) bond motifs is 3. The number of nitrogens with zero attached hydrogens (tertiary/aromatic N) is 3. The summed E-state index contributed by atoms with van der Waals surface area (Å²) in [6.07, 6.45) is 1.50. The Bertz CT molecular complexity index is 1660. The van der Waals surface area contributed by atoms with Crippen LogP contribution in [0.25, 0.3) is 0 Å². The number of ether oxygens (including phenoxy) is 5. The Morgan fingerprint density at radius 3 is 2.37 bits per heavy atom. The maximum Gasteiger partial charge on any atom is 0.314 e. The van der Waals surface area contributed by atoms with Crippen molar-refractivity contribution in [3.63, 3.8) is 0 Å². The van der Waals surface area contributed by atoms with E-state index < -0.39 is 34.7 Å². The second-order valence-electron chi connectivity index (χ2n) is 10.3. The van der Waals surface area contributed by atoms with Crippen LogP contribution < -0.4 is 24.3 Å². The van der Waals surface area contributed by atoms with Crippen LogP contribution in [0.3, 0.4) is 0 Å². The number of methoxy groups -OCH3 is 4. The minimum atomic E-state index is -2.07. The number of carbonyl (C=O) groups is 1. The van der Waals surface area contributed by atoms with Crippen LogP contribution in [0.2, 0.25) is 0 Å². The van der Waals surface area contributed by atoms with E-state index in [2.05, 4.69) is 15.6 Å². The molecule has 0 amide bonds. The van der Waals surface area contributed by atoms with E-state index in [-0.39, 0.29) is 0 Å². The third-order valence-electron chi connectivity index (χ3n) is 8.78. The molecule has 0 bridgehead atoms. The third kappa shape index (κ3) is 2.83. The van der Waals surface area contributed by atoms with Gasteiger partial charge in [-0.25, -0.2) is 0 Å². The number of esters is 1. The van der Waals surface area contributed by atoms with Crippen molar-refractivity contribution in [2.75, 3.05) is 33.8 Å². The third-order valence-corrected chi connectivity index (χ3v) is 8.78. The van der Waals surface area contributed by atoms with Gasteiger partial charge < -0.3 is 34.1 Å². The lowest BCUT2D eigenvalue weighted by molar-refractivity contribution is -0.171. The number of benzene rings is 3. The lowest BCUT2D eigenvalue weighted by Crippen LogP contribution is -2.60. The second-order valence-corrected chi connectivity index (χ2v) is 10.3. The average molecular weight is 557 g/mol. The van der Waals surface area contributed by atoms with Crippen LogP contribution in [0.4, 0.5) is 5.82 Å². The Balaban J connectivity index is 1.67. The molecule has 3 heterocycles. The number of nitrogens with one attached hydrogen (secondary N) is 1. The summed E-state index contributed by atoms with van der Waals surface area (Å²) in [7, 11) is 5.99. The molecule has 1 aliphatic carbocycles. The molecule has 0 saturated heterocycles. The number of carbonyl (C=O) groups excluding carboxylic acids is 1. The summed E-state index contributed by atoms with van der Waals surface area (Å²) in [6, 6.07) is 20.4. The molecule has 3 aromatic carbocycles. The number of hydrogen-bond donors (Lipinski definition) is 2. The van der Waals surface area contributed by atoms with Crippen molar-refractivity contribution in [3.8, 4) is 23.0 Å². The smallest absolute Gasteiger partial charge is 0.314 e. The first kappa shape index (κ1) is 25.2. The first-order chi connectivity index (χ1) is 19.9. The molecule has 4 aromatic rings. The highest BCUT2D eigenvalue weighted by molar-refractivity contribution is 5.82. The van der Waals surface area contributed by atoms with Gasteiger partial charge in [-0.3, -0.25) is 4.79 Å². The maximum atomic E-state index is 13.9. The van der Waals surface area contributed by atoms with Crippen molar-refractivity contribution >= 4 is 11.8 Å². The first-order valence-electron chi connectivity index (χ1n) is 13.1. The molecule has 11 nitrogen and oxygen atoms in total. The number of rotatable bonds is 6. The van der Waals surface area contributed by atoms with E-state index in [9.17, 15) is 9.90 Å². The van der Waals surface area contributed by atoms with Gasteiger partial charge in [0.1, 0.15) is 34.7 Å². The zero-order chi connectivity index (χ0) is 28.6. The van der Waals surface area contributed by atoms with Gasteiger partial charge in [-0.2, -0.15) is 4.68 Å². The van der Waals surface area contributed by atoms with E-state index in [1.165, 1.54) is 25.1 Å². The van der Waals surface area contributed by atoms with Crippen LogP contribution in [0, 0.1) is 5.92 Å². The van der Waals surface area contributed by atoms with Crippen molar-refractivity contribution in [1.82, 2.24) is 15.0 Å². The monoisotopic (exact) mass is 556 g/mol. The van der Waals surface area contributed by atoms with Crippen LogP contribution in [0.15, 0.2) is 72.9 Å². The molecule has 0 unspecified atom stereocenters. The Hall–Kier alpha value is -4.77. The molecule has 11 heteroatoms. The largest absolute Gasteiger partial charge is 0.497 e. The van der Waals surface area contributed by atoms with Gasteiger partial charge >= 0.3 is 5.97 Å². The molecule has 2 aliphatic heterocycles. The lowest BCUT2D eigenvalue weighted by atomic mass is 9.68. The zero-order valence-electron chi connectivity index (χ0n) is 22.8. The van der Waals surface area contributed by atoms with E-state index in [1.807, 2.05) is 54.6 Å². The summed E-state index contributed by atoms with van der Waals surface area (Å²) in [5.41, 5.74) is -3.12. The van der Waals surface area contributed by atoms with Crippen molar-refractivity contribution in [2.45, 2.75) is 22.8 Å². The van der Waals surface area contributed by atoms with Crippen LogP contribution in [-0.2, 0) is 26.4 Å². The summed E-state index contributed by atoms with van der Waals surface area (Å²) in [5.74, 6) is -0.258. The Kier molecular flexibility index (Phi) is 5.30. The molecule has 1 fully saturated rings. The molecule has 2 N–H and O–H groups in total. The van der Waals surface area contributed by atoms with Gasteiger partial charge in [0.05, 0.1) is 40.2 Å². The average Bonchev–Trinajstić information content (AvgIpc) is 3.71. The van der Waals surface area contributed by atoms with Crippen LogP contribution in [0.1, 0.15) is 22.6 Å². The molecular weight excluding hydrogens is 528 g/mol. The van der Waals surface area contributed by atoms with E-state index in [4.69, 9.17) is 23.7 Å². The summed E-state index contributed by atoms with van der Waals surface area (Å²) >= 11 is 0. The van der Waals surface area contributed by atoms with Gasteiger partial charge in [0.15, 0.2) is 11.1 Å². The Labute approximate surface area is 235 Å². The van der Waals surface area contributed by atoms with Gasteiger partial charge in [-0.05, 0) is 23.3 Å². The number of anilines is 1. The maximum absolute atomic E-state index is 13.9. The summed E-state index contributed by atoms with van der Waals surface area (Å²) < 4.78 is 30.9. The van der Waals surface area contributed by atoms with Crippen LogP contribution in [0.5, 0.6) is 23.0 Å². The Morgan fingerprint density at radius 2 is 1.71 bits per heavy atom. The predicted octanol–water partition coefficient (Wildman–Crippen LogP) is 3.14. The molecule has 41 heavy (non-hydrogen) atoms. The normalized spacial score (nSPS) is 28.4. The van der Waals surface area contributed by atoms with E-state index in [1.54, 1.807) is 26.4 Å². The fourth-order valence-corrected chi connectivity index (χ4v) is 7.30. The van der Waals surface area contributed by atoms with Gasteiger partial charge in [0.25, 0.3) is 0 Å². The van der Waals surface area contributed by atoms with E-state index >= 15 is 0 Å². The standard InChI is InChI=1S/C30H28N4O7/c1-37-19-12-10-18(11-13-19)28-24(17-8-6-5-7-9-17)26(27(35)40-4)30(36)29(28,32-23-16-31-33-34(23)30)25-21(39-3)14-20(38-2)15-22(25)41-28/h5-16,24,26,32,36H,1-4H3/t24-,26+,28+,29-,30-/m1/s1. The van der Waals surface area contributed by atoms with E-state index in [0.29, 0.717) is 39.9 Å². The Morgan fingerprint density at radius 1 is 0.976 bits per heavy atom. The summed E-state index contributed by atoms with van der Waals surface area (Å²) in [6.45, 7) is 0. The molecule has 1 aromatic heterocycles. The number of aromatic nitrogens is 3. The molecule has 3 aliphatic rings. The fourth-order valence-electron chi connectivity index (χ4n) is 7.30. The fraction of sp³-hybridized carbons (Fsp3) is 0.300. The van der Waals surface area contributed by atoms with E-state index in [0.717, 1.165) is 5.56 Å². The summed E-state index contributed by atoms with van der Waals surface area (Å²) in [5, 5.41) is 25.1. The van der Waals surface area contributed by atoms with Crippen molar-refractivity contribution in [1.29, 1.82) is 0 Å². The highest BCUT2D eigenvalue weighted by Gasteiger charge is 2.88. The quantitative estimate of drug-likeness (QED) is 0.342. The van der Waals surface area contributed by atoms with Crippen molar-refractivity contribution in [3.05, 3.63) is 89.6 Å². The SMILES string of the molecule is COC(=O)[C@@H]1[C@@H](c2ccccc2)[C@]2(c3ccc(OC)cc3)Oc3cc(OC)cc(OC)c3[C@@]23Nc2cnnn2[C@@]13O. The highest BCUT2D eigenvalue weighted by atomic mass is 16.5. The van der Waals surface area contributed by atoms with Crippen molar-refractivity contribution in [2.24, 2.45) is 5.92 Å². The molecule has 0 radical (unpaired) electrons. The first-order valence-corrected chi connectivity index (χ1v) is 13.1. The second kappa shape index (κ2) is 8.61. The van der Waals surface area contributed by atoms with Gasteiger partial charge in [0.2, 0.25) is 5.72 Å². The van der Waals surface area contributed by atoms with Gasteiger partial charge in [0, 0.05) is 18.1 Å². The highest BCUT2D eigenvalue weighted by Crippen LogP contribution is 2.77. The molecule has 1 saturated carbocycles. The minimum absolute atomic E-state index is 0.400. The molecule has 1 spiro atoms. The molecule has 5 atom stereocenters. The molecule has 7 rings (SSSR count). The zero-order valence-corrected chi connectivity index (χ0v) is 22.8. The minimum Gasteiger partial charge on any atom is -0.497 e. The van der Waals surface area contributed by atoms with Crippen molar-refractivity contribution < 1.29 is 33.6 Å².